The lowest BCUT2D eigenvalue weighted by atomic mass is 10.0. The number of H-pyrrole nitrogens is 1. The summed E-state index contributed by atoms with van der Waals surface area (Å²) in [6.45, 7) is 7.90. The van der Waals surface area contributed by atoms with E-state index in [2.05, 4.69) is 29.4 Å². The number of aliphatic hydroxyl groups excluding tert-OH is 1. The van der Waals surface area contributed by atoms with Crippen LogP contribution in [0, 0.1) is 19.8 Å². The zero-order valence-electron chi connectivity index (χ0n) is 11.6. The lowest BCUT2D eigenvalue weighted by molar-refractivity contribution is -0.121. The summed E-state index contributed by atoms with van der Waals surface area (Å²) in [6.07, 6.45) is 1.09. The van der Waals surface area contributed by atoms with E-state index >= 15 is 0 Å². The van der Waals surface area contributed by atoms with Gasteiger partial charge in [0.05, 0.1) is 24.8 Å². The minimum Gasteiger partial charge on any atom is -0.394 e. The molecule has 0 aliphatic heterocycles. The van der Waals surface area contributed by atoms with Crippen molar-refractivity contribution in [2.75, 3.05) is 6.61 Å². The molecule has 0 aliphatic carbocycles. The molecule has 3 N–H and O–H groups in total. The van der Waals surface area contributed by atoms with Crippen LogP contribution >= 0.6 is 0 Å². The van der Waals surface area contributed by atoms with Crippen LogP contribution in [0.2, 0.25) is 0 Å². The third-order valence-corrected chi connectivity index (χ3v) is 2.96. The molecule has 0 spiro atoms. The Hall–Kier alpha value is -1.36. The normalized spacial score (nSPS) is 12.8. The minimum absolute atomic E-state index is 0.0206. The lowest BCUT2D eigenvalue weighted by Crippen LogP contribution is -2.39. The molecular formula is C13H23N3O2. The van der Waals surface area contributed by atoms with Crippen LogP contribution in [0.4, 0.5) is 0 Å². The zero-order chi connectivity index (χ0) is 13.7. The number of aryl methyl sites for hydroxylation is 2. The van der Waals surface area contributed by atoms with Crippen LogP contribution in [0.1, 0.15) is 37.2 Å². The number of carbonyl (C=O) groups excluding carboxylic acids is 1. The van der Waals surface area contributed by atoms with Crippen molar-refractivity contribution in [3.8, 4) is 0 Å². The molecule has 0 radical (unpaired) electrons. The summed E-state index contributed by atoms with van der Waals surface area (Å²) in [5.74, 6) is 0.377. The Labute approximate surface area is 108 Å². The first kappa shape index (κ1) is 14.7. The van der Waals surface area contributed by atoms with Crippen LogP contribution in [-0.4, -0.2) is 33.9 Å². The first-order chi connectivity index (χ1) is 8.43. The van der Waals surface area contributed by atoms with E-state index in [-0.39, 0.29) is 18.6 Å². The van der Waals surface area contributed by atoms with Gasteiger partial charge in [-0.05, 0) is 26.2 Å². The fourth-order valence-electron chi connectivity index (χ4n) is 2.02. The number of hydrogen-bond acceptors (Lipinski definition) is 3. The molecule has 1 rings (SSSR count). The smallest absolute Gasteiger partial charge is 0.224 e. The first-order valence-electron chi connectivity index (χ1n) is 6.34. The Kier molecular flexibility index (Phi) is 5.34. The number of nitrogens with zero attached hydrogens (tertiary/aromatic N) is 1. The standard InChI is InChI=1S/C13H23N3O2/c1-8(2)5-11(7-17)14-13(18)6-12-9(3)15-16-10(12)4/h8,11,17H,5-7H2,1-4H3,(H,14,18)(H,15,16). The van der Waals surface area contributed by atoms with Gasteiger partial charge >= 0.3 is 0 Å². The van der Waals surface area contributed by atoms with Crippen molar-refractivity contribution in [3.05, 3.63) is 17.0 Å². The lowest BCUT2D eigenvalue weighted by Gasteiger charge is -2.18. The molecule has 0 fully saturated rings. The van der Waals surface area contributed by atoms with Gasteiger partial charge in [-0.2, -0.15) is 5.10 Å². The summed E-state index contributed by atoms with van der Waals surface area (Å²) in [6, 6.07) is -0.162. The van der Waals surface area contributed by atoms with Gasteiger partial charge in [0.15, 0.2) is 0 Å². The third-order valence-electron chi connectivity index (χ3n) is 2.96. The monoisotopic (exact) mass is 253 g/mol. The highest BCUT2D eigenvalue weighted by molar-refractivity contribution is 5.79. The molecule has 1 unspecified atom stereocenters. The van der Waals surface area contributed by atoms with Gasteiger partial charge in [0.1, 0.15) is 0 Å². The van der Waals surface area contributed by atoms with Crippen LogP contribution in [0.3, 0.4) is 0 Å². The van der Waals surface area contributed by atoms with Crippen LogP contribution in [0.15, 0.2) is 0 Å². The number of carbonyl (C=O) groups is 1. The van der Waals surface area contributed by atoms with E-state index in [0.717, 1.165) is 23.4 Å². The van der Waals surface area contributed by atoms with Gasteiger partial charge in [-0.15, -0.1) is 0 Å². The Balaban J connectivity index is 2.55. The van der Waals surface area contributed by atoms with E-state index in [9.17, 15) is 9.90 Å². The Morgan fingerprint density at radius 2 is 2.11 bits per heavy atom. The summed E-state index contributed by atoms with van der Waals surface area (Å²) >= 11 is 0. The summed E-state index contributed by atoms with van der Waals surface area (Å²) in [7, 11) is 0. The molecule has 102 valence electrons. The molecule has 1 heterocycles. The average Bonchev–Trinajstić information content (AvgIpc) is 2.59. The van der Waals surface area contributed by atoms with Gasteiger partial charge in [-0.3, -0.25) is 9.89 Å². The summed E-state index contributed by atoms with van der Waals surface area (Å²) < 4.78 is 0. The van der Waals surface area contributed by atoms with Crippen molar-refractivity contribution in [1.29, 1.82) is 0 Å². The topological polar surface area (TPSA) is 78.0 Å². The molecular weight excluding hydrogens is 230 g/mol. The Morgan fingerprint density at radius 1 is 1.44 bits per heavy atom. The summed E-state index contributed by atoms with van der Waals surface area (Å²) in [5, 5.41) is 19.0. The molecule has 0 aromatic carbocycles. The van der Waals surface area contributed by atoms with E-state index in [1.54, 1.807) is 0 Å². The first-order valence-corrected chi connectivity index (χ1v) is 6.34. The van der Waals surface area contributed by atoms with Crippen molar-refractivity contribution in [3.63, 3.8) is 0 Å². The number of aromatic amines is 1. The second-order valence-electron chi connectivity index (χ2n) is 5.17. The Morgan fingerprint density at radius 3 is 2.56 bits per heavy atom. The second-order valence-corrected chi connectivity index (χ2v) is 5.17. The van der Waals surface area contributed by atoms with E-state index in [0.29, 0.717) is 12.3 Å². The quantitative estimate of drug-likeness (QED) is 0.710. The molecule has 5 heteroatoms. The predicted molar refractivity (Wildman–Crippen MR) is 70.2 cm³/mol. The zero-order valence-corrected chi connectivity index (χ0v) is 11.6. The van der Waals surface area contributed by atoms with E-state index < -0.39 is 0 Å². The van der Waals surface area contributed by atoms with Gasteiger partial charge in [0.25, 0.3) is 0 Å². The van der Waals surface area contributed by atoms with Crippen molar-refractivity contribution in [2.45, 2.75) is 46.6 Å². The fraction of sp³-hybridized carbons (Fsp3) is 0.692. The van der Waals surface area contributed by atoms with Crippen molar-refractivity contribution in [2.24, 2.45) is 5.92 Å². The molecule has 0 saturated carbocycles. The third kappa shape index (κ3) is 4.14. The van der Waals surface area contributed by atoms with Crippen molar-refractivity contribution >= 4 is 5.91 Å². The van der Waals surface area contributed by atoms with Crippen LogP contribution in [-0.2, 0) is 11.2 Å². The maximum absolute atomic E-state index is 11.9. The molecule has 1 amide bonds. The molecule has 0 aliphatic rings. The number of amides is 1. The number of aromatic nitrogens is 2. The van der Waals surface area contributed by atoms with Gasteiger partial charge in [-0.1, -0.05) is 13.8 Å². The maximum atomic E-state index is 11.9. The summed E-state index contributed by atoms with van der Waals surface area (Å²) in [4.78, 5) is 11.9. The SMILES string of the molecule is Cc1n[nH]c(C)c1CC(=O)NC(CO)CC(C)C. The highest BCUT2D eigenvalue weighted by Crippen LogP contribution is 2.10. The molecule has 18 heavy (non-hydrogen) atoms. The largest absolute Gasteiger partial charge is 0.394 e. The number of aliphatic hydroxyl groups is 1. The van der Waals surface area contributed by atoms with Crippen LogP contribution in [0.25, 0.3) is 0 Å². The highest BCUT2D eigenvalue weighted by Gasteiger charge is 2.16. The fourth-order valence-corrected chi connectivity index (χ4v) is 2.02. The minimum atomic E-state index is -0.162. The van der Waals surface area contributed by atoms with Crippen LogP contribution in [0.5, 0.6) is 0 Å². The van der Waals surface area contributed by atoms with Crippen LogP contribution < -0.4 is 5.32 Å². The molecule has 1 aromatic rings. The predicted octanol–water partition coefficient (Wildman–Crippen LogP) is 1.09. The van der Waals surface area contributed by atoms with Crippen molar-refractivity contribution in [1.82, 2.24) is 15.5 Å². The summed E-state index contributed by atoms with van der Waals surface area (Å²) in [5.41, 5.74) is 2.72. The highest BCUT2D eigenvalue weighted by atomic mass is 16.3. The van der Waals surface area contributed by atoms with E-state index in [1.807, 2.05) is 13.8 Å². The molecule has 5 nitrogen and oxygen atoms in total. The molecule has 0 bridgehead atoms. The molecule has 1 atom stereocenters. The number of rotatable bonds is 6. The second kappa shape index (κ2) is 6.54. The van der Waals surface area contributed by atoms with Gasteiger partial charge in [0.2, 0.25) is 5.91 Å². The average molecular weight is 253 g/mol. The van der Waals surface area contributed by atoms with E-state index in [1.165, 1.54) is 0 Å². The van der Waals surface area contributed by atoms with Gasteiger partial charge in [0, 0.05) is 11.3 Å². The van der Waals surface area contributed by atoms with E-state index in [4.69, 9.17) is 0 Å². The van der Waals surface area contributed by atoms with Gasteiger partial charge in [-0.25, -0.2) is 0 Å². The maximum Gasteiger partial charge on any atom is 0.224 e. The van der Waals surface area contributed by atoms with Crippen molar-refractivity contribution < 1.29 is 9.90 Å². The number of hydrogen-bond donors (Lipinski definition) is 3. The Bertz CT molecular complexity index is 379. The molecule has 1 aromatic heterocycles. The number of nitrogens with one attached hydrogen (secondary N) is 2. The molecule has 0 saturated heterocycles. The van der Waals surface area contributed by atoms with Gasteiger partial charge < -0.3 is 10.4 Å².